The largest absolute Gasteiger partial charge is 0.379 e. The van der Waals surface area contributed by atoms with Crippen LogP contribution < -0.4 is 5.32 Å². The lowest BCUT2D eigenvalue weighted by molar-refractivity contribution is -0.384. The zero-order valence-electron chi connectivity index (χ0n) is 9.34. The van der Waals surface area contributed by atoms with Gasteiger partial charge in [-0.1, -0.05) is 12.2 Å². The van der Waals surface area contributed by atoms with Crippen molar-refractivity contribution in [3.8, 4) is 0 Å². The molecular formula is C12H12N2O3. The molecule has 1 aromatic carbocycles. The van der Waals surface area contributed by atoms with Gasteiger partial charge in [-0.2, -0.15) is 0 Å². The molecule has 2 rings (SSSR count). The maximum Gasteiger partial charge on any atom is 0.270 e. The summed E-state index contributed by atoms with van der Waals surface area (Å²) in [5.41, 5.74) is 0.976. The highest BCUT2D eigenvalue weighted by Crippen LogP contribution is 2.25. The molecule has 1 heterocycles. The quantitative estimate of drug-likeness (QED) is 0.458. The van der Waals surface area contributed by atoms with Gasteiger partial charge < -0.3 is 5.32 Å². The van der Waals surface area contributed by atoms with Gasteiger partial charge in [0.1, 0.15) is 0 Å². The van der Waals surface area contributed by atoms with E-state index < -0.39 is 4.92 Å². The molecule has 17 heavy (non-hydrogen) atoms. The Labute approximate surface area is 98.3 Å². The second-order valence-electron chi connectivity index (χ2n) is 3.98. The summed E-state index contributed by atoms with van der Waals surface area (Å²) in [5.74, 6) is -0.112. The Bertz CT molecular complexity index is 508. The predicted octanol–water partition coefficient (Wildman–Crippen LogP) is 2.54. The van der Waals surface area contributed by atoms with Crippen LogP contribution in [0, 0.1) is 10.1 Å². The molecule has 0 fully saturated rings. The number of non-ortho nitro benzene ring substituents is 1. The number of fused-ring (bicyclic) bond motifs is 1. The standard InChI is InChI=1S/C12H12N2O3/c1-8-3-2-4-12(15)10-7-9(14(16)17)5-6-11(10)13-8/h2-3,5-8,13H,4H2,1H3/b3-2-. The third-order valence-corrected chi connectivity index (χ3v) is 2.63. The average molecular weight is 232 g/mol. The van der Waals surface area contributed by atoms with Crippen LogP contribution in [0.1, 0.15) is 23.7 Å². The minimum absolute atomic E-state index is 0.0592. The number of rotatable bonds is 1. The van der Waals surface area contributed by atoms with Crippen molar-refractivity contribution in [2.24, 2.45) is 0 Å². The summed E-state index contributed by atoms with van der Waals surface area (Å²) in [5, 5.41) is 13.8. The van der Waals surface area contributed by atoms with Crippen LogP contribution in [0.5, 0.6) is 0 Å². The fraction of sp³-hybridized carbons (Fsp3) is 0.250. The Balaban J connectivity index is 2.48. The fourth-order valence-corrected chi connectivity index (χ4v) is 1.78. The van der Waals surface area contributed by atoms with Gasteiger partial charge in [-0.25, -0.2) is 0 Å². The van der Waals surface area contributed by atoms with Crippen molar-refractivity contribution in [3.63, 3.8) is 0 Å². The highest BCUT2D eigenvalue weighted by molar-refractivity contribution is 6.02. The number of anilines is 1. The third kappa shape index (κ3) is 2.33. The number of ketones is 1. The number of nitrogens with one attached hydrogen (secondary N) is 1. The number of allylic oxidation sites excluding steroid dienone is 1. The van der Waals surface area contributed by atoms with E-state index in [0.717, 1.165) is 0 Å². The van der Waals surface area contributed by atoms with Crippen molar-refractivity contribution in [2.75, 3.05) is 5.32 Å². The average Bonchev–Trinajstić information content (AvgIpc) is 2.27. The van der Waals surface area contributed by atoms with E-state index in [2.05, 4.69) is 5.32 Å². The Hall–Kier alpha value is -2.17. The van der Waals surface area contributed by atoms with Crippen LogP contribution in [0.2, 0.25) is 0 Å². The molecule has 88 valence electrons. The SMILES string of the molecule is CC1/C=C\CC(=O)c2cc([N+](=O)[O-])ccc2N1. The number of Topliss-reactive ketones (excluding diaryl/α,β-unsaturated/α-hetero) is 1. The van der Waals surface area contributed by atoms with Crippen molar-refractivity contribution in [2.45, 2.75) is 19.4 Å². The summed E-state index contributed by atoms with van der Waals surface area (Å²) >= 11 is 0. The number of nitro groups is 1. The first-order valence-corrected chi connectivity index (χ1v) is 5.33. The van der Waals surface area contributed by atoms with Gasteiger partial charge in [-0.3, -0.25) is 14.9 Å². The molecular weight excluding hydrogens is 220 g/mol. The van der Waals surface area contributed by atoms with Gasteiger partial charge >= 0.3 is 0 Å². The summed E-state index contributed by atoms with van der Waals surface area (Å²) in [6, 6.07) is 4.41. The van der Waals surface area contributed by atoms with Gasteiger partial charge in [-0.15, -0.1) is 0 Å². The Kier molecular flexibility index (Phi) is 2.91. The minimum atomic E-state index is -0.494. The highest BCUT2D eigenvalue weighted by Gasteiger charge is 2.18. The lowest BCUT2D eigenvalue weighted by atomic mass is 10.0. The molecule has 0 spiro atoms. The number of nitrogens with zero attached hydrogens (tertiary/aromatic N) is 1. The smallest absolute Gasteiger partial charge is 0.270 e. The number of carbonyl (C=O) groups excluding carboxylic acids is 1. The van der Waals surface area contributed by atoms with Gasteiger partial charge in [0.15, 0.2) is 5.78 Å². The van der Waals surface area contributed by atoms with Crippen molar-refractivity contribution in [1.29, 1.82) is 0 Å². The van der Waals surface area contributed by atoms with Gasteiger partial charge in [0.05, 0.1) is 4.92 Å². The molecule has 1 N–H and O–H groups in total. The number of nitro benzene ring substituents is 1. The van der Waals surface area contributed by atoms with E-state index in [1.807, 2.05) is 13.0 Å². The second kappa shape index (κ2) is 4.37. The summed E-state index contributed by atoms with van der Waals surface area (Å²) in [4.78, 5) is 22.0. The maximum absolute atomic E-state index is 11.8. The van der Waals surface area contributed by atoms with E-state index >= 15 is 0 Å². The molecule has 5 heteroatoms. The molecule has 1 aromatic rings. The van der Waals surface area contributed by atoms with Gasteiger partial charge in [0, 0.05) is 35.8 Å². The molecule has 0 amide bonds. The van der Waals surface area contributed by atoms with E-state index in [4.69, 9.17) is 0 Å². The van der Waals surface area contributed by atoms with Crippen LogP contribution >= 0.6 is 0 Å². The summed E-state index contributed by atoms with van der Waals surface area (Å²) in [6.07, 6.45) is 3.96. The molecule has 1 aliphatic rings. The predicted molar refractivity (Wildman–Crippen MR) is 64.3 cm³/mol. The molecule has 0 aliphatic carbocycles. The van der Waals surface area contributed by atoms with Crippen LogP contribution in [0.3, 0.4) is 0 Å². The van der Waals surface area contributed by atoms with E-state index in [0.29, 0.717) is 11.3 Å². The lowest BCUT2D eigenvalue weighted by Gasteiger charge is -2.16. The number of hydrogen-bond donors (Lipinski definition) is 1. The molecule has 0 saturated carbocycles. The summed E-state index contributed by atoms with van der Waals surface area (Å²) < 4.78 is 0. The Morgan fingerprint density at radius 3 is 2.94 bits per heavy atom. The highest BCUT2D eigenvalue weighted by atomic mass is 16.6. The van der Waals surface area contributed by atoms with Crippen LogP contribution in [-0.2, 0) is 0 Å². The van der Waals surface area contributed by atoms with Gasteiger partial charge in [-0.05, 0) is 13.0 Å². The Morgan fingerprint density at radius 2 is 2.24 bits per heavy atom. The topological polar surface area (TPSA) is 72.2 Å². The fourth-order valence-electron chi connectivity index (χ4n) is 1.78. The Morgan fingerprint density at radius 1 is 1.47 bits per heavy atom. The van der Waals surface area contributed by atoms with Crippen molar-refractivity contribution < 1.29 is 9.72 Å². The van der Waals surface area contributed by atoms with Crippen LogP contribution in [-0.4, -0.2) is 16.7 Å². The van der Waals surface area contributed by atoms with E-state index in [1.165, 1.54) is 12.1 Å². The molecule has 0 saturated heterocycles. The first-order valence-electron chi connectivity index (χ1n) is 5.33. The molecule has 0 radical (unpaired) electrons. The minimum Gasteiger partial charge on any atom is -0.379 e. The molecule has 0 aromatic heterocycles. The van der Waals surface area contributed by atoms with Crippen LogP contribution in [0.25, 0.3) is 0 Å². The van der Waals surface area contributed by atoms with Gasteiger partial charge in [0.25, 0.3) is 5.69 Å². The van der Waals surface area contributed by atoms with Gasteiger partial charge in [0.2, 0.25) is 0 Å². The summed E-state index contributed by atoms with van der Waals surface area (Å²) in [6.45, 7) is 1.96. The third-order valence-electron chi connectivity index (χ3n) is 2.63. The van der Waals surface area contributed by atoms with E-state index in [-0.39, 0.29) is 23.9 Å². The normalized spacial score (nSPS) is 20.8. The molecule has 1 unspecified atom stereocenters. The van der Waals surface area contributed by atoms with Crippen molar-refractivity contribution >= 4 is 17.2 Å². The number of carbonyl (C=O) groups is 1. The van der Waals surface area contributed by atoms with Crippen molar-refractivity contribution in [1.82, 2.24) is 0 Å². The second-order valence-corrected chi connectivity index (χ2v) is 3.98. The van der Waals surface area contributed by atoms with Crippen LogP contribution in [0.15, 0.2) is 30.4 Å². The number of hydrogen-bond acceptors (Lipinski definition) is 4. The lowest BCUT2D eigenvalue weighted by Crippen LogP contribution is -2.17. The molecule has 1 atom stereocenters. The monoisotopic (exact) mass is 232 g/mol. The molecule has 1 aliphatic heterocycles. The molecule has 5 nitrogen and oxygen atoms in total. The molecule has 0 bridgehead atoms. The zero-order valence-corrected chi connectivity index (χ0v) is 9.34. The first-order chi connectivity index (χ1) is 8.08. The van der Waals surface area contributed by atoms with E-state index in [9.17, 15) is 14.9 Å². The number of benzene rings is 1. The maximum atomic E-state index is 11.8. The van der Waals surface area contributed by atoms with Crippen LogP contribution in [0.4, 0.5) is 11.4 Å². The van der Waals surface area contributed by atoms with Crippen molar-refractivity contribution in [3.05, 3.63) is 46.0 Å². The van der Waals surface area contributed by atoms with E-state index in [1.54, 1.807) is 12.1 Å². The summed E-state index contributed by atoms with van der Waals surface area (Å²) in [7, 11) is 0. The first kappa shape index (κ1) is 11.3. The zero-order chi connectivity index (χ0) is 12.4.